The lowest BCUT2D eigenvalue weighted by atomic mass is 9.93. The minimum atomic E-state index is -0.833. The molecule has 0 aliphatic carbocycles. The van der Waals surface area contributed by atoms with Gasteiger partial charge < -0.3 is 14.7 Å². The van der Waals surface area contributed by atoms with Crippen molar-refractivity contribution >= 4 is 11.9 Å². The fourth-order valence-electron chi connectivity index (χ4n) is 3.27. The highest BCUT2D eigenvalue weighted by molar-refractivity contribution is 5.79. The molecular formula is C18H25NO4. The van der Waals surface area contributed by atoms with Crippen LogP contribution in [-0.4, -0.2) is 41.1 Å². The van der Waals surface area contributed by atoms with Gasteiger partial charge in [0.15, 0.2) is 6.61 Å². The molecule has 1 saturated heterocycles. The number of hydrogen-bond donors (Lipinski definition) is 1. The van der Waals surface area contributed by atoms with Crippen LogP contribution < -0.4 is 4.74 Å². The first-order chi connectivity index (χ1) is 10.8. The molecule has 1 aromatic rings. The average molecular weight is 319 g/mol. The van der Waals surface area contributed by atoms with E-state index < -0.39 is 11.9 Å². The maximum absolute atomic E-state index is 12.4. The molecule has 1 aliphatic rings. The highest BCUT2D eigenvalue weighted by Gasteiger charge is 2.32. The van der Waals surface area contributed by atoms with Gasteiger partial charge in [-0.15, -0.1) is 0 Å². The number of nitrogens with zero attached hydrogens (tertiary/aromatic N) is 1. The van der Waals surface area contributed by atoms with Gasteiger partial charge in [-0.1, -0.05) is 17.7 Å². The summed E-state index contributed by atoms with van der Waals surface area (Å²) in [7, 11) is 0. The van der Waals surface area contributed by atoms with Crippen molar-refractivity contribution in [3.8, 4) is 5.75 Å². The Bertz CT molecular complexity index is 588. The van der Waals surface area contributed by atoms with Crippen LogP contribution in [0.4, 0.5) is 0 Å². The Hall–Kier alpha value is -2.04. The summed E-state index contributed by atoms with van der Waals surface area (Å²) in [5, 5.41) is 9.16. The number of rotatable bonds is 4. The van der Waals surface area contributed by atoms with Crippen LogP contribution in [0.5, 0.6) is 5.75 Å². The number of aryl methyl sites for hydroxylation is 3. The number of hydrogen-bond acceptors (Lipinski definition) is 3. The molecule has 2 rings (SSSR count). The molecule has 1 aromatic carbocycles. The molecule has 5 nitrogen and oxygen atoms in total. The molecule has 1 fully saturated rings. The van der Waals surface area contributed by atoms with Crippen molar-refractivity contribution < 1.29 is 19.4 Å². The largest absolute Gasteiger partial charge is 0.483 e. The third kappa shape index (κ3) is 4.03. The number of aliphatic carboxylic acids is 1. The molecular weight excluding hydrogens is 294 g/mol. The lowest BCUT2D eigenvalue weighted by Gasteiger charge is -2.36. The van der Waals surface area contributed by atoms with Gasteiger partial charge in [0.1, 0.15) is 5.75 Å². The first-order valence-electron chi connectivity index (χ1n) is 8.02. The van der Waals surface area contributed by atoms with Gasteiger partial charge in [-0.2, -0.15) is 0 Å². The summed E-state index contributed by atoms with van der Waals surface area (Å²) in [6.07, 6.45) is 1.34. The second-order valence-corrected chi connectivity index (χ2v) is 6.52. The minimum absolute atomic E-state index is 0.0541. The van der Waals surface area contributed by atoms with Crippen molar-refractivity contribution in [2.75, 3.05) is 13.2 Å². The zero-order valence-corrected chi connectivity index (χ0v) is 14.3. The van der Waals surface area contributed by atoms with E-state index in [2.05, 4.69) is 0 Å². The van der Waals surface area contributed by atoms with E-state index in [1.165, 1.54) is 0 Å². The number of piperidine rings is 1. The van der Waals surface area contributed by atoms with Crippen LogP contribution >= 0.6 is 0 Å². The van der Waals surface area contributed by atoms with Crippen LogP contribution in [0.15, 0.2) is 12.1 Å². The zero-order valence-electron chi connectivity index (χ0n) is 14.3. The zero-order chi connectivity index (χ0) is 17.1. The summed E-state index contributed by atoms with van der Waals surface area (Å²) >= 11 is 0. The van der Waals surface area contributed by atoms with E-state index >= 15 is 0 Å². The first-order valence-corrected chi connectivity index (χ1v) is 8.02. The predicted octanol–water partition coefficient (Wildman–Crippen LogP) is 2.70. The number of ether oxygens (including phenoxy) is 1. The topological polar surface area (TPSA) is 66.8 Å². The van der Waals surface area contributed by atoms with E-state index in [-0.39, 0.29) is 25.1 Å². The molecule has 0 aromatic heterocycles. The Balaban J connectivity index is 2.03. The molecule has 5 heteroatoms. The van der Waals surface area contributed by atoms with E-state index in [4.69, 9.17) is 9.84 Å². The quantitative estimate of drug-likeness (QED) is 0.926. The highest BCUT2D eigenvalue weighted by Crippen LogP contribution is 2.26. The third-order valence-corrected chi connectivity index (χ3v) is 4.50. The van der Waals surface area contributed by atoms with Crippen LogP contribution in [0.3, 0.4) is 0 Å². The third-order valence-electron chi connectivity index (χ3n) is 4.50. The van der Waals surface area contributed by atoms with Crippen LogP contribution in [0.2, 0.25) is 0 Å². The van der Waals surface area contributed by atoms with Gasteiger partial charge in [0.2, 0.25) is 0 Å². The molecule has 0 saturated carbocycles. The molecule has 0 spiro atoms. The number of carbonyl (C=O) groups is 2. The number of amides is 1. The van der Waals surface area contributed by atoms with Gasteiger partial charge >= 0.3 is 5.97 Å². The molecule has 2 atom stereocenters. The second kappa shape index (κ2) is 7.02. The Morgan fingerprint density at radius 1 is 1.22 bits per heavy atom. The molecule has 1 heterocycles. The van der Waals surface area contributed by atoms with Gasteiger partial charge in [-0.25, -0.2) is 0 Å². The van der Waals surface area contributed by atoms with Crippen molar-refractivity contribution in [1.29, 1.82) is 0 Å². The summed E-state index contributed by atoms with van der Waals surface area (Å²) in [6, 6.07) is 4.11. The van der Waals surface area contributed by atoms with E-state index in [9.17, 15) is 9.59 Å². The fourth-order valence-corrected chi connectivity index (χ4v) is 3.27. The first kappa shape index (κ1) is 17.3. The lowest BCUT2D eigenvalue weighted by molar-refractivity contribution is -0.147. The van der Waals surface area contributed by atoms with E-state index in [1.807, 2.05) is 39.8 Å². The Labute approximate surface area is 137 Å². The van der Waals surface area contributed by atoms with Crippen molar-refractivity contribution in [2.45, 2.75) is 46.6 Å². The summed E-state index contributed by atoms with van der Waals surface area (Å²) in [5.74, 6) is -0.718. The highest BCUT2D eigenvalue weighted by atomic mass is 16.5. The minimum Gasteiger partial charge on any atom is -0.483 e. The molecule has 0 bridgehead atoms. The number of likely N-dealkylation sites (tertiary alicyclic amines) is 1. The Morgan fingerprint density at radius 2 is 1.83 bits per heavy atom. The van der Waals surface area contributed by atoms with Gasteiger partial charge in [-0.05, 0) is 51.7 Å². The Kier molecular flexibility index (Phi) is 5.29. The van der Waals surface area contributed by atoms with Crippen molar-refractivity contribution in [3.05, 3.63) is 28.8 Å². The molecule has 23 heavy (non-hydrogen) atoms. The number of carbonyl (C=O) groups excluding carboxylic acids is 1. The van der Waals surface area contributed by atoms with Crippen molar-refractivity contribution in [1.82, 2.24) is 4.90 Å². The number of benzene rings is 1. The predicted molar refractivity (Wildman–Crippen MR) is 87.7 cm³/mol. The van der Waals surface area contributed by atoms with E-state index in [0.717, 1.165) is 22.4 Å². The number of carboxylic acids is 1. The van der Waals surface area contributed by atoms with E-state index in [0.29, 0.717) is 12.8 Å². The van der Waals surface area contributed by atoms with Crippen molar-refractivity contribution in [3.63, 3.8) is 0 Å². The molecule has 1 amide bonds. The monoisotopic (exact) mass is 319 g/mol. The molecule has 1 N–H and O–H groups in total. The Morgan fingerprint density at radius 3 is 2.39 bits per heavy atom. The summed E-state index contributed by atoms with van der Waals surface area (Å²) in [5.41, 5.74) is 3.17. The second-order valence-electron chi connectivity index (χ2n) is 6.52. The van der Waals surface area contributed by atoms with Crippen LogP contribution in [0.1, 0.15) is 36.5 Å². The van der Waals surface area contributed by atoms with E-state index in [1.54, 1.807) is 4.90 Å². The van der Waals surface area contributed by atoms with Gasteiger partial charge in [0, 0.05) is 12.6 Å². The molecule has 0 radical (unpaired) electrons. The summed E-state index contributed by atoms with van der Waals surface area (Å²) in [6.45, 7) is 8.12. The van der Waals surface area contributed by atoms with Gasteiger partial charge in [0.05, 0.1) is 5.92 Å². The number of carboxylic acid groups (broad SMARTS) is 1. The lowest BCUT2D eigenvalue weighted by Crippen LogP contribution is -2.49. The molecule has 2 unspecified atom stereocenters. The van der Waals surface area contributed by atoms with Crippen LogP contribution in [-0.2, 0) is 9.59 Å². The van der Waals surface area contributed by atoms with Gasteiger partial charge in [-0.3, -0.25) is 9.59 Å². The molecule has 1 aliphatic heterocycles. The van der Waals surface area contributed by atoms with Crippen molar-refractivity contribution in [2.24, 2.45) is 5.92 Å². The fraction of sp³-hybridized carbons (Fsp3) is 0.556. The van der Waals surface area contributed by atoms with Crippen LogP contribution in [0, 0.1) is 26.7 Å². The SMILES string of the molecule is Cc1cc(C)c(OCC(=O)N2CC(C(=O)O)CCC2C)c(C)c1. The maximum atomic E-state index is 12.4. The standard InChI is InChI=1S/C18H25NO4/c1-11-7-12(2)17(13(3)8-11)23-10-16(20)19-9-15(18(21)22)6-5-14(19)4/h7-8,14-15H,5-6,9-10H2,1-4H3,(H,21,22). The summed E-state index contributed by atoms with van der Waals surface area (Å²) < 4.78 is 5.74. The normalized spacial score (nSPS) is 21.1. The smallest absolute Gasteiger partial charge is 0.308 e. The summed E-state index contributed by atoms with van der Waals surface area (Å²) in [4.78, 5) is 25.2. The average Bonchev–Trinajstić information content (AvgIpc) is 2.46. The van der Waals surface area contributed by atoms with Gasteiger partial charge in [0.25, 0.3) is 5.91 Å². The van der Waals surface area contributed by atoms with Crippen LogP contribution in [0.25, 0.3) is 0 Å². The maximum Gasteiger partial charge on any atom is 0.308 e. The molecule has 126 valence electrons.